The molecule has 0 fully saturated rings. The lowest BCUT2D eigenvalue weighted by Gasteiger charge is -2.14. The van der Waals surface area contributed by atoms with Crippen molar-refractivity contribution in [3.05, 3.63) is 140 Å². The van der Waals surface area contributed by atoms with Crippen molar-refractivity contribution in [3.8, 4) is 33.4 Å². The average Bonchev–Trinajstić information content (AvgIpc) is 3.87. The number of aromatic amines is 2. The van der Waals surface area contributed by atoms with E-state index in [2.05, 4.69) is 163 Å². The summed E-state index contributed by atoms with van der Waals surface area (Å²) in [6.07, 6.45) is 8.66. The van der Waals surface area contributed by atoms with Gasteiger partial charge in [0.25, 0.3) is 0 Å². The predicted octanol–water partition coefficient (Wildman–Crippen LogP) is 12.4. The third-order valence-electron chi connectivity index (χ3n) is 10.4. The third kappa shape index (κ3) is 5.65. The molecule has 51 heavy (non-hydrogen) atoms. The first-order valence-electron chi connectivity index (χ1n) is 17.8. The van der Waals surface area contributed by atoms with E-state index in [-0.39, 0.29) is 0 Å². The molecule has 8 rings (SSSR count). The topological polar surface area (TPSA) is 57.4 Å². The number of aryl methyl sites for hydroxylation is 9. The molecule has 3 aromatic carbocycles. The molecule has 252 valence electrons. The Balaban J connectivity index is 1.59. The van der Waals surface area contributed by atoms with Gasteiger partial charge in [0.1, 0.15) is 0 Å². The van der Waals surface area contributed by atoms with E-state index in [1.165, 1.54) is 66.8 Å². The molecule has 2 N–H and O–H groups in total. The number of hydrogen-bond donors (Lipinski definition) is 2. The van der Waals surface area contributed by atoms with E-state index >= 15 is 0 Å². The molecule has 0 unspecified atom stereocenters. The molecule has 5 heterocycles. The number of rotatable bonds is 3. The number of nitrogens with zero attached hydrogens (tertiary/aromatic N) is 2. The van der Waals surface area contributed by atoms with E-state index in [1.807, 2.05) is 0 Å². The quantitative estimate of drug-likeness (QED) is 0.197. The molecule has 4 nitrogen and oxygen atoms in total. The smallest absolute Gasteiger partial charge is 0.0737 e. The summed E-state index contributed by atoms with van der Waals surface area (Å²) in [6.45, 7) is 19.8. The second-order valence-electron chi connectivity index (χ2n) is 14.7. The Hall–Kier alpha value is -5.74. The van der Waals surface area contributed by atoms with Crippen molar-refractivity contribution in [1.29, 1.82) is 0 Å². The fourth-order valence-electron chi connectivity index (χ4n) is 8.65. The Bertz CT molecular complexity index is 2550. The molecule has 3 aromatic heterocycles. The summed E-state index contributed by atoms with van der Waals surface area (Å²) in [7, 11) is 0. The van der Waals surface area contributed by atoms with E-state index in [1.54, 1.807) is 0 Å². The summed E-state index contributed by atoms with van der Waals surface area (Å²) in [5.41, 5.74) is 25.9. The van der Waals surface area contributed by atoms with Crippen LogP contribution in [-0.2, 0) is 0 Å². The van der Waals surface area contributed by atoms with Crippen LogP contribution in [0.2, 0.25) is 0 Å². The van der Waals surface area contributed by atoms with Crippen LogP contribution < -0.4 is 0 Å². The van der Waals surface area contributed by atoms with Crippen LogP contribution in [-0.4, -0.2) is 19.9 Å². The van der Waals surface area contributed by atoms with Crippen LogP contribution in [0.1, 0.15) is 72.8 Å². The van der Waals surface area contributed by atoms with Crippen LogP contribution in [0.25, 0.3) is 79.8 Å². The number of fused-ring (bicyclic) bond motifs is 8. The SMILES string of the molecule is Cc1cc(C)c(-c2c3nc(c(-c4c(C)cc(C)cc4C)c4ccc([nH]4)c(-c4c(C)cc(C)cc4C)c4nc(cc5ccc2[nH]5)C=C4)C=C3)c(C)c1. The van der Waals surface area contributed by atoms with E-state index < -0.39 is 0 Å². The van der Waals surface area contributed by atoms with Crippen molar-refractivity contribution in [2.24, 2.45) is 0 Å². The van der Waals surface area contributed by atoms with Gasteiger partial charge in [-0.2, -0.15) is 0 Å². The number of aromatic nitrogens is 4. The lowest BCUT2D eigenvalue weighted by atomic mass is 9.92. The first-order valence-corrected chi connectivity index (χ1v) is 17.8. The molecule has 0 amide bonds. The van der Waals surface area contributed by atoms with Crippen molar-refractivity contribution in [2.75, 3.05) is 0 Å². The molecule has 6 aromatic rings. The van der Waals surface area contributed by atoms with Crippen LogP contribution >= 0.6 is 0 Å². The normalized spacial score (nSPS) is 12.3. The third-order valence-corrected chi connectivity index (χ3v) is 10.4. The number of nitrogens with one attached hydrogen (secondary N) is 2. The van der Waals surface area contributed by atoms with E-state index in [9.17, 15) is 0 Å². The van der Waals surface area contributed by atoms with Crippen molar-refractivity contribution in [1.82, 2.24) is 19.9 Å². The molecule has 0 radical (unpaired) electrons. The Kier molecular flexibility index (Phi) is 7.79. The highest BCUT2D eigenvalue weighted by atomic mass is 14.8. The van der Waals surface area contributed by atoms with Gasteiger partial charge in [-0.25, -0.2) is 9.97 Å². The summed E-state index contributed by atoms with van der Waals surface area (Å²) >= 11 is 0. The second kappa shape index (κ2) is 12.2. The fourth-order valence-corrected chi connectivity index (χ4v) is 8.65. The lowest BCUT2D eigenvalue weighted by Crippen LogP contribution is -1.95. The highest BCUT2D eigenvalue weighted by Gasteiger charge is 2.21. The predicted molar refractivity (Wildman–Crippen MR) is 218 cm³/mol. The summed E-state index contributed by atoms with van der Waals surface area (Å²) in [4.78, 5) is 18.4. The Labute approximate surface area is 300 Å². The molecule has 4 heteroatoms. The van der Waals surface area contributed by atoms with Gasteiger partial charge in [0.2, 0.25) is 0 Å². The molecular weight excluding hydrogens is 621 g/mol. The summed E-state index contributed by atoms with van der Waals surface area (Å²) in [5.74, 6) is 0. The summed E-state index contributed by atoms with van der Waals surface area (Å²) < 4.78 is 0. The van der Waals surface area contributed by atoms with Crippen LogP contribution in [0.5, 0.6) is 0 Å². The molecule has 2 aliphatic heterocycles. The minimum absolute atomic E-state index is 0.910. The van der Waals surface area contributed by atoms with Gasteiger partial charge in [0.15, 0.2) is 0 Å². The van der Waals surface area contributed by atoms with Gasteiger partial charge in [-0.1, -0.05) is 53.1 Å². The molecule has 0 saturated heterocycles. The van der Waals surface area contributed by atoms with Gasteiger partial charge in [-0.15, -0.1) is 0 Å². The minimum atomic E-state index is 0.910. The van der Waals surface area contributed by atoms with Crippen LogP contribution in [0.4, 0.5) is 0 Å². The van der Waals surface area contributed by atoms with Crippen molar-refractivity contribution in [2.45, 2.75) is 62.3 Å². The first kappa shape index (κ1) is 32.5. The highest BCUT2D eigenvalue weighted by molar-refractivity contribution is 5.99. The maximum Gasteiger partial charge on any atom is 0.0737 e. The zero-order valence-corrected chi connectivity index (χ0v) is 31.1. The fraction of sp³-hybridized carbons (Fsp3) is 0.191. The molecule has 0 atom stereocenters. The maximum absolute atomic E-state index is 5.52. The number of hydrogen-bond acceptors (Lipinski definition) is 2. The number of benzene rings is 3. The zero-order valence-electron chi connectivity index (χ0n) is 31.1. The average molecular weight is 665 g/mol. The first-order chi connectivity index (χ1) is 24.4. The summed E-state index contributed by atoms with van der Waals surface area (Å²) in [5, 5.41) is 0. The molecule has 0 aliphatic carbocycles. The highest BCUT2D eigenvalue weighted by Crippen LogP contribution is 2.41. The van der Waals surface area contributed by atoms with Crippen LogP contribution in [0.15, 0.2) is 66.7 Å². The maximum atomic E-state index is 5.52. The van der Waals surface area contributed by atoms with Gasteiger partial charge in [-0.3, -0.25) is 0 Å². The lowest BCUT2D eigenvalue weighted by molar-refractivity contribution is 1.27. The largest absolute Gasteiger partial charge is 0.355 e. The molecular formula is C47H44N4. The van der Waals surface area contributed by atoms with E-state index in [4.69, 9.17) is 9.97 Å². The van der Waals surface area contributed by atoms with Gasteiger partial charge < -0.3 is 9.97 Å². The number of H-pyrrole nitrogens is 2. The monoisotopic (exact) mass is 664 g/mol. The van der Waals surface area contributed by atoms with E-state index in [0.29, 0.717) is 0 Å². The van der Waals surface area contributed by atoms with Gasteiger partial charge >= 0.3 is 0 Å². The van der Waals surface area contributed by atoms with Crippen LogP contribution in [0, 0.1) is 62.3 Å². The van der Waals surface area contributed by atoms with Crippen LogP contribution in [0.3, 0.4) is 0 Å². The van der Waals surface area contributed by atoms with E-state index in [0.717, 1.165) is 61.5 Å². The second-order valence-corrected chi connectivity index (χ2v) is 14.7. The van der Waals surface area contributed by atoms with Crippen molar-refractivity contribution in [3.63, 3.8) is 0 Å². The Morgan fingerprint density at radius 2 is 0.706 bits per heavy atom. The molecule has 0 saturated carbocycles. The molecule has 2 aliphatic rings. The Morgan fingerprint density at radius 1 is 0.353 bits per heavy atom. The van der Waals surface area contributed by atoms with Gasteiger partial charge in [0.05, 0.1) is 22.8 Å². The standard InChI is InChI=1S/C47H44N4/c1-25-18-28(4)42(29(5)19-25)45-36-12-10-34(48-36)24-35-11-13-37(49-35)46(43-30(6)20-26(2)21-31(43)7)39-15-17-41(51-39)47(40-16-14-38(45)50-40)44-32(8)22-27(3)23-33(44)9/h10-24,48,51H,1-9H3. The zero-order chi connectivity index (χ0) is 35.7. The minimum Gasteiger partial charge on any atom is -0.355 e. The Morgan fingerprint density at radius 3 is 1.14 bits per heavy atom. The van der Waals surface area contributed by atoms with Crippen molar-refractivity contribution < 1.29 is 0 Å². The van der Waals surface area contributed by atoms with Crippen molar-refractivity contribution >= 4 is 46.4 Å². The molecule has 8 bridgehead atoms. The van der Waals surface area contributed by atoms with Gasteiger partial charge in [0, 0.05) is 38.8 Å². The van der Waals surface area contributed by atoms with Gasteiger partial charge in [-0.05, 0) is 167 Å². The molecule has 0 spiro atoms. The summed E-state index contributed by atoms with van der Waals surface area (Å²) in [6, 6.07) is 24.5.